The first-order valence-corrected chi connectivity index (χ1v) is 6.12. The van der Waals surface area contributed by atoms with Crippen LogP contribution in [-0.4, -0.2) is 36.4 Å². The Hall–Kier alpha value is -1.13. The number of anilines is 1. The molecule has 94 valence electrons. The molecule has 0 saturated carbocycles. The van der Waals surface area contributed by atoms with Crippen molar-refractivity contribution in [3.63, 3.8) is 0 Å². The highest BCUT2D eigenvalue weighted by atomic mass is 16.5. The van der Waals surface area contributed by atoms with Gasteiger partial charge in [0.1, 0.15) is 0 Å². The molecule has 1 aromatic heterocycles. The summed E-state index contributed by atoms with van der Waals surface area (Å²) in [5.41, 5.74) is 1.82. The largest absolute Gasteiger partial charge is 0.387 e. The number of piperidine rings is 1. The number of rotatable bonds is 3. The third kappa shape index (κ3) is 2.96. The van der Waals surface area contributed by atoms with E-state index >= 15 is 0 Å². The maximum Gasteiger partial charge on any atom is 0.0931 e. The van der Waals surface area contributed by atoms with Crippen molar-refractivity contribution in [2.24, 2.45) is 0 Å². The molecule has 1 unspecified atom stereocenters. The average Bonchev–Trinajstić information content (AvgIpc) is 2.39. The molecular formula is C13H20N2O2. The number of aromatic nitrogens is 1. The fourth-order valence-corrected chi connectivity index (χ4v) is 2.20. The van der Waals surface area contributed by atoms with Crippen LogP contribution in [-0.2, 0) is 4.74 Å². The fraction of sp³-hybridized carbons (Fsp3) is 0.615. The average molecular weight is 236 g/mol. The van der Waals surface area contributed by atoms with Crippen LogP contribution < -0.4 is 4.90 Å². The molecule has 1 saturated heterocycles. The number of nitrogens with zero attached hydrogens (tertiary/aromatic N) is 2. The third-order valence-electron chi connectivity index (χ3n) is 3.28. The van der Waals surface area contributed by atoms with Crippen LogP contribution in [0.15, 0.2) is 18.3 Å². The minimum Gasteiger partial charge on any atom is -0.387 e. The first-order chi connectivity index (χ1) is 8.20. The van der Waals surface area contributed by atoms with Gasteiger partial charge in [-0.05, 0) is 31.9 Å². The first-order valence-electron chi connectivity index (χ1n) is 6.12. The van der Waals surface area contributed by atoms with E-state index in [-0.39, 0.29) is 0 Å². The molecule has 0 radical (unpaired) electrons. The van der Waals surface area contributed by atoms with Crippen molar-refractivity contribution in [3.8, 4) is 0 Å². The molecule has 4 nitrogen and oxygen atoms in total. The number of hydrogen-bond acceptors (Lipinski definition) is 4. The van der Waals surface area contributed by atoms with Crippen molar-refractivity contribution >= 4 is 5.69 Å². The SMILES string of the molecule is COC1CCCN(c2ccc([C@H](C)O)nc2)C1. The Bertz CT molecular complexity index is 351. The summed E-state index contributed by atoms with van der Waals surface area (Å²) in [6.45, 7) is 3.70. The fourth-order valence-electron chi connectivity index (χ4n) is 2.20. The molecule has 2 rings (SSSR count). The van der Waals surface area contributed by atoms with E-state index in [1.807, 2.05) is 18.3 Å². The van der Waals surface area contributed by atoms with E-state index in [1.54, 1.807) is 14.0 Å². The quantitative estimate of drug-likeness (QED) is 0.868. The smallest absolute Gasteiger partial charge is 0.0931 e. The van der Waals surface area contributed by atoms with Crippen LogP contribution >= 0.6 is 0 Å². The summed E-state index contributed by atoms with van der Waals surface area (Å²) in [7, 11) is 1.77. The zero-order chi connectivity index (χ0) is 12.3. The van der Waals surface area contributed by atoms with Crippen LogP contribution in [0.4, 0.5) is 5.69 Å². The highest BCUT2D eigenvalue weighted by Gasteiger charge is 2.19. The van der Waals surface area contributed by atoms with Crippen LogP contribution in [0.25, 0.3) is 0 Å². The van der Waals surface area contributed by atoms with Crippen molar-refractivity contribution < 1.29 is 9.84 Å². The topological polar surface area (TPSA) is 45.6 Å². The van der Waals surface area contributed by atoms with Gasteiger partial charge in [0, 0.05) is 20.2 Å². The Morgan fingerprint density at radius 2 is 2.35 bits per heavy atom. The molecule has 0 bridgehead atoms. The molecule has 2 atom stereocenters. The normalized spacial score (nSPS) is 22.5. The summed E-state index contributed by atoms with van der Waals surface area (Å²) < 4.78 is 5.40. The van der Waals surface area contributed by atoms with Gasteiger partial charge in [0.05, 0.1) is 29.8 Å². The lowest BCUT2D eigenvalue weighted by Gasteiger charge is -2.33. The molecule has 2 heterocycles. The Labute approximate surface area is 102 Å². The van der Waals surface area contributed by atoms with Crippen LogP contribution in [0.1, 0.15) is 31.6 Å². The highest BCUT2D eigenvalue weighted by Crippen LogP contribution is 2.21. The van der Waals surface area contributed by atoms with E-state index in [1.165, 1.54) is 0 Å². The van der Waals surface area contributed by atoms with Gasteiger partial charge >= 0.3 is 0 Å². The number of ether oxygens (including phenoxy) is 1. The second kappa shape index (κ2) is 5.47. The van der Waals surface area contributed by atoms with Crippen LogP contribution in [0.3, 0.4) is 0 Å². The number of pyridine rings is 1. The van der Waals surface area contributed by atoms with Gasteiger partial charge < -0.3 is 14.7 Å². The zero-order valence-corrected chi connectivity index (χ0v) is 10.5. The molecule has 0 aliphatic carbocycles. The van der Waals surface area contributed by atoms with Gasteiger partial charge in [-0.1, -0.05) is 0 Å². The highest BCUT2D eigenvalue weighted by molar-refractivity contribution is 5.45. The number of aliphatic hydroxyl groups is 1. The van der Waals surface area contributed by atoms with Gasteiger partial charge in [0.25, 0.3) is 0 Å². The number of hydrogen-bond donors (Lipinski definition) is 1. The van der Waals surface area contributed by atoms with Crippen LogP contribution in [0.2, 0.25) is 0 Å². The molecule has 0 spiro atoms. The van der Waals surface area contributed by atoms with E-state index < -0.39 is 6.10 Å². The van der Waals surface area contributed by atoms with Crippen LogP contribution in [0.5, 0.6) is 0 Å². The lowest BCUT2D eigenvalue weighted by atomic mass is 10.1. The second-order valence-electron chi connectivity index (χ2n) is 4.56. The number of methoxy groups -OCH3 is 1. The third-order valence-corrected chi connectivity index (χ3v) is 3.28. The number of aliphatic hydroxyl groups excluding tert-OH is 1. The molecule has 17 heavy (non-hydrogen) atoms. The summed E-state index contributed by atoms with van der Waals surface area (Å²) in [4.78, 5) is 6.56. The van der Waals surface area contributed by atoms with Crippen molar-refractivity contribution in [2.45, 2.75) is 32.0 Å². The predicted molar refractivity (Wildman–Crippen MR) is 67.1 cm³/mol. The molecule has 1 aliphatic heterocycles. The molecule has 0 amide bonds. The van der Waals surface area contributed by atoms with Gasteiger partial charge in [-0.15, -0.1) is 0 Å². The summed E-state index contributed by atoms with van der Waals surface area (Å²) in [5.74, 6) is 0. The maximum atomic E-state index is 9.41. The molecule has 1 aliphatic rings. The van der Waals surface area contributed by atoms with Crippen molar-refractivity contribution in [1.82, 2.24) is 4.98 Å². The van der Waals surface area contributed by atoms with E-state index in [0.29, 0.717) is 11.8 Å². The summed E-state index contributed by atoms with van der Waals surface area (Å²) >= 11 is 0. The minimum atomic E-state index is -0.503. The van der Waals surface area contributed by atoms with Gasteiger partial charge in [-0.3, -0.25) is 4.98 Å². The van der Waals surface area contributed by atoms with Crippen molar-refractivity contribution in [1.29, 1.82) is 0 Å². The Balaban J connectivity index is 2.06. The minimum absolute atomic E-state index is 0.320. The molecule has 0 aromatic carbocycles. The second-order valence-corrected chi connectivity index (χ2v) is 4.56. The zero-order valence-electron chi connectivity index (χ0n) is 10.5. The molecule has 1 aromatic rings. The summed E-state index contributed by atoms with van der Waals surface area (Å²) in [6, 6.07) is 3.91. The Morgan fingerprint density at radius 1 is 1.53 bits per heavy atom. The van der Waals surface area contributed by atoms with E-state index in [0.717, 1.165) is 31.6 Å². The van der Waals surface area contributed by atoms with E-state index in [4.69, 9.17) is 4.74 Å². The standard InChI is InChI=1S/C13H20N2O2/c1-10(16)13-6-5-11(8-14-13)15-7-3-4-12(9-15)17-2/h5-6,8,10,12,16H,3-4,7,9H2,1-2H3/t10-,12?/m0/s1. The summed E-state index contributed by atoms with van der Waals surface area (Å²) in [5, 5.41) is 9.41. The van der Waals surface area contributed by atoms with Crippen molar-refractivity contribution in [2.75, 3.05) is 25.1 Å². The Morgan fingerprint density at radius 3 is 2.94 bits per heavy atom. The van der Waals surface area contributed by atoms with Gasteiger partial charge in [-0.25, -0.2) is 0 Å². The van der Waals surface area contributed by atoms with Crippen LogP contribution in [0, 0.1) is 0 Å². The molecule has 4 heteroatoms. The lowest BCUT2D eigenvalue weighted by Crippen LogP contribution is -2.39. The first kappa shape index (κ1) is 12.3. The van der Waals surface area contributed by atoms with Gasteiger partial charge in [-0.2, -0.15) is 0 Å². The monoisotopic (exact) mass is 236 g/mol. The lowest BCUT2D eigenvalue weighted by molar-refractivity contribution is 0.0893. The van der Waals surface area contributed by atoms with E-state index in [9.17, 15) is 5.11 Å². The van der Waals surface area contributed by atoms with Gasteiger partial charge in [0.15, 0.2) is 0 Å². The van der Waals surface area contributed by atoms with E-state index in [2.05, 4.69) is 9.88 Å². The van der Waals surface area contributed by atoms with Gasteiger partial charge in [0.2, 0.25) is 0 Å². The molecule has 1 N–H and O–H groups in total. The summed E-state index contributed by atoms with van der Waals surface area (Å²) in [6.07, 6.45) is 3.93. The maximum absolute atomic E-state index is 9.41. The molecular weight excluding hydrogens is 216 g/mol. The Kier molecular flexibility index (Phi) is 3.97. The molecule has 1 fully saturated rings. The predicted octanol–water partition coefficient (Wildman–Crippen LogP) is 1.75. The van der Waals surface area contributed by atoms with Crippen molar-refractivity contribution in [3.05, 3.63) is 24.0 Å².